The van der Waals surface area contributed by atoms with Gasteiger partial charge in [0.2, 0.25) is 0 Å². The van der Waals surface area contributed by atoms with Gasteiger partial charge in [-0.05, 0) is 6.42 Å². The number of nitrogens with two attached hydrogens (primary N) is 1. The Morgan fingerprint density at radius 2 is 2.20 bits per heavy atom. The smallest absolute Gasteiger partial charge is 0.345 e. The lowest BCUT2D eigenvalue weighted by Gasteiger charge is -2.11. The van der Waals surface area contributed by atoms with Gasteiger partial charge >= 0.3 is 7.60 Å². The molecule has 0 spiro atoms. The summed E-state index contributed by atoms with van der Waals surface area (Å²) in [4.78, 5) is 17.2. The van der Waals surface area contributed by atoms with Crippen LogP contribution in [0.1, 0.15) is 6.42 Å². The summed E-state index contributed by atoms with van der Waals surface area (Å²) in [7, 11) is -4.19. The number of aliphatic hydroxyl groups excluding tert-OH is 1. The summed E-state index contributed by atoms with van der Waals surface area (Å²) in [5, 5.41) is 7.05. The van der Waals surface area contributed by atoms with E-state index in [4.69, 9.17) is 20.6 Å². The minimum absolute atomic E-state index is 0.216. The molecule has 1 aliphatic rings. The van der Waals surface area contributed by atoms with Crippen LogP contribution in [0.5, 0.6) is 0 Å². The molecule has 0 aromatic rings. The van der Waals surface area contributed by atoms with Crippen LogP contribution in [-0.4, -0.2) is 26.8 Å². The molecule has 2 atom stereocenters. The number of hydrogen-bond donors (Lipinski definition) is 4. The maximum Gasteiger partial charge on any atom is 0.345 e. The second-order valence-electron chi connectivity index (χ2n) is 2.62. The van der Waals surface area contributed by atoms with Crippen molar-refractivity contribution in [3.8, 4) is 0 Å². The van der Waals surface area contributed by atoms with Crippen LogP contribution in [0.4, 0.5) is 0 Å². The van der Waals surface area contributed by atoms with Gasteiger partial charge in [-0.25, -0.2) is 0 Å². The van der Waals surface area contributed by atoms with Crippen molar-refractivity contribution < 1.29 is 19.5 Å². The zero-order chi connectivity index (χ0) is 7.99. The quantitative estimate of drug-likeness (QED) is 0.388. The van der Waals surface area contributed by atoms with Crippen molar-refractivity contribution in [2.24, 2.45) is 11.7 Å². The molecule has 0 saturated heterocycles. The molecule has 0 unspecified atom stereocenters. The molecule has 0 radical (unpaired) electrons. The summed E-state index contributed by atoms with van der Waals surface area (Å²) in [6, 6.07) is 0. The first-order chi connectivity index (χ1) is 4.42. The maximum atomic E-state index is 10.5. The van der Waals surface area contributed by atoms with Crippen LogP contribution in [0.2, 0.25) is 0 Å². The molecule has 5 N–H and O–H groups in total. The highest BCUT2D eigenvalue weighted by Crippen LogP contribution is 2.64. The molecule has 60 valence electrons. The van der Waals surface area contributed by atoms with Gasteiger partial charge in [0, 0.05) is 12.5 Å². The SMILES string of the molecule is N[C@@]1(P(=O)(O)O)C[C@H]1CO. The minimum atomic E-state index is -4.19. The molecule has 1 aliphatic carbocycles. The molecular formula is C4H10NO4P. The molecule has 6 heteroatoms. The van der Waals surface area contributed by atoms with Gasteiger partial charge in [0.1, 0.15) is 5.28 Å². The molecule has 1 saturated carbocycles. The number of hydrogen-bond acceptors (Lipinski definition) is 3. The van der Waals surface area contributed by atoms with E-state index in [1.807, 2.05) is 0 Å². The predicted molar refractivity (Wildman–Crippen MR) is 34.2 cm³/mol. The third kappa shape index (κ3) is 1.00. The fourth-order valence-corrected chi connectivity index (χ4v) is 1.93. The van der Waals surface area contributed by atoms with Crippen molar-refractivity contribution in [2.45, 2.75) is 11.7 Å². The molecule has 0 heterocycles. The van der Waals surface area contributed by atoms with E-state index < -0.39 is 18.8 Å². The van der Waals surface area contributed by atoms with Gasteiger partial charge in [-0.15, -0.1) is 0 Å². The van der Waals surface area contributed by atoms with Crippen LogP contribution in [0.3, 0.4) is 0 Å². The Bertz CT molecular complexity index is 190. The Hall–Kier alpha value is 0.0700. The van der Waals surface area contributed by atoms with Crippen molar-refractivity contribution in [1.82, 2.24) is 0 Å². The lowest BCUT2D eigenvalue weighted by molar-refractivity contribution is 0.263. The molecule has 1 rings (SSSR count). The third-order valence-corrected chi connectivity index (χ3v) is 3.52. The zero-order valence-corrected chi connectivity index (χ0v) is 6.16. The molecule has 1 fully saturated rings. The normalized spacial score (nSPS) is 39.8. The van der Waals surface area contributed by atoms with Gasteiger partial charge in [-0.2, -0.15) is 0 Å². The summed E-state index contributed by atoms with van der Waals surface area (Å²) >= 11 is 0. The molecule has 0 aliphatic heterocycles. The van der Waals surface area contributed by atoms with Gasteiger partial charge in [-0.3, -0.25) is 4.57 Å². The van der Waals surface area contributed by atoms with E-state index in [2.05, 4.69) is 0 Å². The Labute approximate surface area is 58.0 Å². The summed E-state index contributed by atoms with van der Waals surface area (Å²) in [6.45, 7) is -0.248. The average Bonchev–Trinajstić information content (AvgIpc) is 2.41. The molecular weight excluding hydrogens is 157 g/mol. The first-order valence-electron chi connectivity index (χ1n) is 2.87. The fourth-order valence-electron chi connectivity index (χ4n) is 0.915. The van der Waals surface area contributed by atoms with Crippen LogP contribution < -0.4 is 5.73 Å². The van der Waals surface area contributed by atoms with Crippen molar-refractivity contribution in [2.75, 3.05) is 6.61 Å². The monoisotopic (exact) mass is 167 g/mol. The first-order valence-corrected chi connectivity index (χ1v) is 4.48. The largest absolute Gasteiger partial charge is 0.396 e. The van der Waals surface area contributed by atoms with Crippen molar-refractivity contribution in [3.05, 3.63) is 0 Å². The number of rotatable bonds is 2. The third-order valence-electron chi connectivity index (χ3n) is 1.88. The topological polar surface area (TPSA) is 104 Å². The highest BCUT2D eigenvalue weighted by Gasteiger charge is 2.62. The second-order valence-corrected chi connectivity index (χ2v) is 4.54. The van der Waals surface area contributed by atoms with Crippen molar-refractivity contribution in [3.63, 3.8) is 0 Å². The molecule has 0 bridgehead atoms. The van der Waals surface area contributed by atoms with Crippen LogP contribution in [0.25, 0.3) is 0 Å². The molecule has 10 heavy (non-hydrogen) atoms. The minimum Gasteiger partial charge on any atom is -0.396 e. The molecule has 0 amide bonds. The second kappa shape index (κ2) is 2.03. The zero-order valence-electron chi connectivity index (χ0n) is 5.27. The lowest BCUT2D eigenvalue weighted by atomic mass is 10.4. The predicted octanol–water partition coefficient (Wildman–Crippen LogP) is -1.17. The maximum absolute atomic E-state index is 10.5. The Morgan fingerprint density at radius 1 is 1.70 bits per heavy atom. The highest BCUT2D eigenvalue weighted by molar-refractivity contribution is 7.54. The van der Waals surface area contributed by atoms with E-state index in [9.17, 15) is 4.57 Å². The Kier molecular flexibility index (Phi) is 1.66. The van der Waals surface area contributed by atoms with E-state index >= 15 is 0 Å². The lowest BCUT2D eigenvalue weighted by Crippen LogP contribution is -2.25. The fraction of sp³-hybridized carbons (Fsp3) is 1.00. The first kappa shape index (κ1) is 8.17. The summed E-state index contributed by atoms with van der Waals surface area (Å²) in [5.74, 6) is -0.423. The van der Waals surface area contributed by atoms with E-state index in [1.165, 1.54) is 0 Å². The molecule has 0 aromatic heterocycles. The van der Waals surface area contributed by atoms with Crippen molar-refractivity contribution in [1.29, 1.82) is 0 Å². The van der Waals surface area contributed by atoms with Crippen LogP contribution in [0, 0.1) is 5.92 Å². The van der Waals surface area contributed by atoms with E-state index in [-0.39, 0.29) is 13.0 Å². The van der Waals surface area contributed by atoms with Gasteiger partial charge in [0.25, 0.3) is 0 Å². The van der Waals surface area contributed by atoms with E-state index in [0.717, 1.165) is 0 Å². The van der Waals surface area contributed by atoms with Gasteiger partial charge in [-0.1, -0.05) is 0 Å². The van der Waals surface area contributed by atoms with Crippen LogP contribution in [0.15, 0.2) is 0 Å². The highest BCUT2D eigenvalue weighted by atomic mass is 31.2. The summed E-state index contributed by atoms with van der Waals surface area (Å²) in [6.07, 6.45) is 0.216. The molecule has 5 nitrogen and oxygen atoms in total. The summed E-state index contributed by atoms with van der Waals surface area (Å²) in [5.41, 5.74) is 5.26. The standard InChI is InChI=1S/C4H10NO4P/c5-4(10(7,8)9)1-3(4)2-6/h3,6H,1-2,5H2,(H2,7,8,9)/t3-,4+/m0/s1. The van der Waals surface area contributed by atoms with Crippen molar-refractivity contribution >= 4 is 7.60 Å². The molecule has 0 aromatic carbocycles. The Balaban J connectivity index is 2.68. The van der Waals surface area contributed by atoms with Gasteiger partial charge < -0.3 is 20.6 Å². The average molecular weight is 167 g/mol. The van der Waals surface area contributed by atoms with Gasteiger partial charge in [0.15, 0.2) is 0 Å². The van der Waals surface area contributed by atoms with Gasteiger partial charge in [0.05, 0.1) is 0 Å². The van der Waals surface area contributed by atoms with E-state index in [1.54, 1.807) is 0 Å². The summed E-state index contributed by atoms with van der Waals surface area (Å²) < 4.78 is 10.5. The van der Waals surface area contributed by atoms with E-state index in [0.29, 0.717) is 0 Å². The Morgan fingerprint density at radius 3 is 2.30 bits per heavy atom. The van der Waals surface area contributed by atoms with Crippen LogP contribution >= 0.6 is 7.60 Å². The number of aliphatic hydroxyl groups is 1. The van der Waals surface area contributed by atoms with Crippen LogP contribution in [-0.2, 0) is 4.57 Å².